The summed E-state index contributed by atoms with van der Waals surface area (Å²) >= 11 is 0. The fourth-order valence-electron chi connectivity index (χ4n) is 2.83. The standard InChI is InChI=1S/C12H17N3O2/c16-10-12(4-2-5-12)11(17)15-9(14-10)8-3-1-6-13-7-8/h8,13H,1-7H2,(H,14,15,16,17). The van der Waals surface area contributed by atoms with Crippen molar-refractivity contribution in [1.82, 2.24) is 10.6 Å². The molecular weight excluding hydrogens is 218 g/mol. The molecule has 0 aromatic rings. The molecule has 0 radical (unpaired) electrons. The van der Waals surface area contributed by atoms with Gasteiger partial charge in [-0.25, -0.2) is 0 Å². The molecule has 0 aromatic carbocycles. The molecule has 5 nitrogen and oxygen atoms in total. The van der Waals surface area contributed by atoms with Gasteiger partial charge in [-0.1, -0.05) is 6.42 Å². The molecule has 2 amide bonds. The molecule has 1 atom stereocenters. The van der Waals surface area contributed by atoms with Crippen LogP contribution in [0.25, 0.3) is 0 Å². The van der Waals surface area contributed by atoms with E-state index >= 15 is 0 Å². The molecule has 2 heterocycles. The van der Waals surface area contributed by atoms with Gasteiger partial charge in [0.15, 0.2) is 0 Å². The number of hydrogen-bond acceptors (Lipinski definition) is 3. The van der Waals surface area contributed by atoms with E-state index in [1.165, 1.54) is 0 Å². The van der Waals surface area contributed by atoms with Crippen molar-refractivity contribution in [2.75, 3.05) is 13.1 Å². The van der Waals surface area contributed by atoms with Crippen LogP contribution < -0.4 is 10.6 Å². The number of rotatable bonds is 1. The number of hydrogen-bond donors (Lipinski definition) is 2. The summed E-state index contributed by atoms with van der Waals surface area (Å²) in [5, 5.41) is 6.13. The van der Waals surface area contributed by atoms with Crippen molar-refractivity contribution in [1.29, 1.82) is 0 Å². The van der Waals surface area contributed by atoms with E-state index < -0.39 is 5.41 Å². The van der Waals surface area contributed by atoms with Crippen molar-refractivity contribution >= 4 is 17.6 Å². The van der Waals surface area contributed by atoms with Crippen molar-refractivity contribution in [3.05, 3.63) is 0 Å². The molecule has 2 aliphatic heterocycles. The highest BCUT2D eigenvalue weighted by molar-refractivity contribution is 6.19. The summed E-state index contributed by atoms with van der Waals surface area (Å²) in [6.07, 6.45) is 4.34. The largest absolute Gasteiger partial charge is 0.316 e. The normalized spacial score (nSPS) is 31.8. The first-order chi connectivity index (χ1) is 8.22. The molecule has 1 aliphatic carbocycles. The Morgan fingerprint density at radius 1 is 1.24 bits per heavy atom. The number of piperidine rings is 1. The average Bonchev–Trinajstić information content (AvgIpc) is 2.27. The summed E-state index contributed by atoms with van der Waals surface area (Å²) in [7, 11) is 0. The summed E-state index contributed by atoms with van der Waals surface area (Å²) in [5.41, 5.74) is -0.800. The maximum absolute atomic E-state index is 12.0. The first kappa shape index (κ1) is 10.9. The fraction of sp³-hybridized carbons (Fsp3) is 0.750. The Labute approximate surface area is 100 Å². The molecule has 92 valence electrons. The molecule has 1 spiro atoms. The summed E-state index contributed by atoms with van der Waals surface area (Å²) in [4.78, 5) is 28.2. The van der Waals surface area contributed by atoms with Gasteiger partial charge in [-0.3, -0.25) is 9.59 Å². The van der Waals surface area contributed by atoms with E-state index in [0.29, 0.717) is 18.7 Å². The minimum absolute atomic E-state index is 0.121. The van der Waals surface area contributed by atoms with Gasteiger partial charge in [0.2, 0.25) is 5.91 Å². The van der Waals surface area contributed by atoms with Gasteiger partial charge in [-0.05, 0) is 32.2 Å². The second kappa shape index (κ2) is 3.91. The van der Waals surface area contributed by atoms with Crippen LogP contribution >= 0.6 is 0 Å². The van der Waals surface area contributed by atoms with Crippen LogP contribution in [0.2, 0.25) is 0 Å². The monoisotopic (exact) mass is 235 g/mol. The SMILES string of the molecule is O=C1N=C(C2CCCNC2)NC(=O)C12CCC2. The van der Waals surface area contributed by atoms with Gasteiger partial charge >= 0.3 is 0 Å². The maximum atomic E-state index is 12.0. The average molecular weight is 235 g/mol. The van der Waals surface area contributed by atoms with Crippen LogP contribution in [0.5, 0.6) is 0 Å². The van der Waals surface area contributed by atoms with E-state index in [1.54, 1.807) is 0 Å². The first-order valence-electron chi connectivity index (χ1n) is 6.37. The van der Waals surface area contributed by atoms with Gasteiger partial charge in [0.25, 0.3) is 5.91 Å². The summed E-state index contributed by atoms with van der Waals surface area (Å²) in [5.74, 6) is 0.441. The number of amides is 2. The number of nitrogens with zero attached hydrogens (tertiary/aromatic N) is 1. The molecule has 1 saturated heterocycles. The van der Waals surface area contributed by atoms with E-state index in [0.717, 1.165) is 32.4 Å². The third-order valence-electron chi connectivity index (χ3n) is 4.20. The zero-order valence-electron chi connectivity index (χ0n) is 9.79. The van der Waals surface area contributed by atoms with E-state index in [-0.39, 0.29) is 17.7 Å². The molecule has 1 unspecified atom stereocenters. The summed E-state index contributed by atoms with van der Waals surface area (Å²) in [6.45, 7) is 1.81. The van der Waals surface area contributed by atoms with Gasteiger partial charge < -0.3 is 10.6 Å². The lowest BCUT2D eigenvalue weighted by molar-refractivity contribution is -0.147. The van der Waals surface area contributed by atoms with Crippen LogP contribution in [-0.4, -0.2) is 30.7 Å². The Bertz CT molecular complexity index is 393. The van der Waals surface area contributed by atoms with Crippen molar-refractivity contribution in [2.24, 2.45) is 16.3 Å². The second-order valence-electron chi connectivity index (χ2n) is 5.24. The Hall–Kier alpha value is -1.23. The molecule has 1 saturated carbocycles. The quantitative estimate of drug-likeness (QED) is 0.638. The minimum atomic E-state index is -0.800. The van der Waals surface area contributed by atoms with Crippen molar-refractivity contribution in [3.8, 4) is 0 Å². The van der Waals surface area contributed by atoms with Crippen LogP contribution in [0.1, 0.15) is 32.1 Å². The van der Waals surface area contributed by atoms with E-state index in [9.17, 15) is 9.59 Å². The van der Waals surface area contributed by atoms with Crippen molar-refractivity contribution in [3.63, 3.8) is 0 Å². The van der Waals surface area contributed by atoms with E-state index in [4.69, 9.17) is 0 Å². The lowest BCUT2D eigenvalue weighted by Gasteiger charge is -2.40. The maximum Gasteiger partial charge on any atom is 0.263 e. The lowest BCUT2D eigenvalue weighted by Crippen LogP contribution is -2.58. The summed E-state index contributed by atoms with van der Waals surface area (Å²) < 4.78 is 0. The Kier molecular flexibility index (Phi) is 2.50. The first-order valence-corrected chi connectivity index (χ1v) is 6.37. The Morgan fingerprint density at radius 2 is 2.06 bits per heavy atom. The molecule has 2 N–H and O–H groups in total. The molecule has 3 rings (SSSR count). The predicted molar refractivity (Wildman–Crippen MR) is 62.5 cm³/mol. The Morgan fingerprint density at radius 3 is 2.59 bits per heavy atom. The van der Waals surface area contributed by atoms with Gasteiger partial charge in [0.1, 0.15) is 11.3 Å². The Balaban J connectivity index is 1.81. The van der Waals surface area contributed by atoms with Gasteiger partial charge in [0, 0.05) is 12.5 Å². The number of amidine groups is 1. The third kappa shape index (κ3) is 1.60. The van der Waals surface area contributed by atoms with E-state index in [1.807, 2.05) is 0 Å². The highest BCUT2D eigenvalue weighted by Crippen LogP contribution is 2.43. The summed E-state index contributed by atoms with van der Waals surface area (Å²) in [6, 6.07) is 0. The predicted octanol–water partition coefficient (Wildman–Crippen LogP) is 0.211. The molecule has 3 aliphatic rings. The third-order valence-corrected chi connectivity index (χ3v) is 4.20. The van der Waals surface area contributed by atoms with Crippen molar-refractivity contribution in [2.45, 2.75) is 32.1 Å². The zero-order valence-corrected chi connectivity index (χ0v) is 9.79. The smallest absolute Gasteiger partial charge is 0.263 e. The minimum Gasteiger partial charge on any atom is -0.316 e. The zero-order chi connectivity index (χ0) is 11.9. The molecule has 0 aromatic heterocycles. The van der Waals surface area contributed by atoms with Crippen LogP contribution in [0.15, 0.2) is 4.99 Å². The fourth-order valence-corrected chi connectivity index (χ4v) is 2.83. The van der Waals surface area contributed by atoms with Gasteiger partial charge in [0.05, 0.1) is 0 Å². The van der Waals surface area contributed by atoms with Crippen LogP contribution in [-0.2, 0) is 9.59 Å². The van der Waals surface area contributed by atoms with E-state index in [2.05, 4.69) is 15.6 Å². The topological polar surface area (TPSA) is 70.6 Å². The lowest BCUT2D eigenvalue weighted by atomic mass is 9.66. The number of nitrogens with one attached hydrogen (secondary N) is 2. The van der Waals surface area contributed by atoms with Gasteiger partial charge in [-0.2, -0.15) is 4.99 Å². The molecular formula is C12H17N3O2. The number of carbonyl (C=O) groups is 2. The molecule has 2 fully saturated rings. The van der Waals surface area contributed by atoms with Crippen LogP contribution in [0.3, 0.4) is 0 Å². The highest BCUT2D eigenvalue weighted by Gasteiger charge is 2.53. The molecule has 0 bridgehead atoms. The van der Waals surface area contributed by atoms with Crippen molar-refractivity contribution < 1.29 is 9.59 Å². The molecule has 5 heteroatoms. The number of aliphatic imine (C=N–C) groups is 1. The van der Waals surface area contributed by atoms with Crippen LogP contribution in [0, 0.1) is 11.3 Å². The van der Waals surface area contributed by atoms with Crippen LogP contribution in [0.4, 0.5) is 0 Å². The second-order valence-corrected chi connectivity index (χ2v) is 5.24. The molecule has 17 heavy (non-hydrogen) atoms. The number of carbonyl (C=O) groups excluding carboxylic acids is 2. The van der Waals surface area contributed by atoms with Gasteiger partial charge in [-0.15, -0.1) is 0 Å². The highest BCUT2D eigenvalue weighted by atomic mass is 16.2.